The lowest BCUT2D eigenvalue weighted by atomic mass is 10.1. The fourth-order valence-electron chi connectivity index (χ4n) is 2.09. The molecular formula is C14H20N2O. The monoisotopic (exact) mass is 232 g/mol. The maximum atomic E-state index is 11.7. The molecule has 92 valence electrons. The number of rotatable bonds is 4. The second-order valence-corrected chi connectivity index (χ2v) is 5.11. The van der Waals surface area contributed by atoms with Crippen molar-refractivity contribution in [2.24, 2.45) is 5.92 Å². The Morgan fingerprint density at radius 1 is 1.29 bits per heavy atom. The Morgan fingerprint density at radius 2 is 1.88 bits per heavy atom. The first kappa shape index (κ1) is 12.1. The van der Waals surface area contributed by atoms with Crippen molar-refractivity contribution in [3.63, 3.8) is 0 Å². The molecule has 2 rings (SSSR count). The van der Waals surface area contributed by atoms with Gasteiger partial charge in [-0.25, -0.2) is 0 Å². The largest absolute Gasteiger partial charge is 0.355 e. The molecule has 1 aliphatic heterocycles. The van der Waals surface area contributed by atoms with Crippen LogP contribution in [-0.2, 0) is 17.9 Å². The van der Waals surface area contributed by atoms with Gasteiger partial charge in [0.2, 0.25) is 5.91 Å². The van der Waals surface area contributed by atoms with Gasteiger partial charge in [-0.3, -0.25) is 9.69 Å². The van der Waals surface area contributed by atoms with Crippen LogP contribution in [0.4, 0.5) is 0 Å². The molecule has 0 aliphatic carbocycles. The molecule has 1 aromatic carbocycles. The van der Waals surface area contributed by atoms with Gasteiger partial charge in [-0.2, -0.15) is 0 Å². The highest BCUT2D eigenvalue weighted by atomic mass is 16.2. The van der Waals surface area contributed by atoms with Crippen molar-refractivity contribution in [2.45, 2.75) is 26.9 Å². The van der Waals surface area contributed by atoms with Gasteiger partial charge >= 0.3 is 0 Å². The van der Waals surface area contributed by atoms with Crippen molar-refractivity contribution in [3.8, 4) is 0 Å². The Kier molecular flexibility index (Phi) is 3.79. The van der Waals surface area contributed by atoms with E-state index in [1.807, 2.05) is 0 Å². The number of hydrogen-bond donors (Lipinski definition) is 1. The first-order valence-corrected chi connectivity index (χ1v) is 6.21. The highest BCUT2D eigenvalue weighted by molar-refractivity contribution is 5.78. The van der Waals surface area contributed by atoms with Crippen molar-refractivity contribution in [1.82, 2.24) is 10.2 Å². The molecule has 1 amide bonds. The number of benzene rings is 1. The molecule has 1 N–H and O–H groups in total. The number of carbonyl (C=O) groups excluding carboxylic acids is 1. The molecule has 0 fully saturated rings. The third-order valence-corrected chi connectivity index (χ3v) is 2.98. The van der Waals surface area contributed by atoms with Crippen molar-refractivity contribution in [1.29, 1.82) is 0 Å². The van der Waals surface area contributed by atoms with Crippen molar-refractivity contribution in [2.75, 3.05) is 13.1 Å². The quantitative estimate of drug-likeness (QED) is 0.858. The number of fused-ring (bicyclic) bond motifs is 1. The van der Waals surface area contributed by atoms with Gasteiger partial charge in [0.25, 0.3) is 0 Å². The summed E-state index contributed by atoms with van der Waals surface area (Å²) in [4.78, 5) is 13.9. The fraction of sp³-hybridized carbons (Fsp3) is 0.500. The van der Waals surface area contributed by atoms with Crippen molar-refractivity contribution in [3.05, 3.63) is 35.4 Å². The molecule has 0 spiro atoms. The normalized spacial score (nSPS) is 15.0. The van der Waals surface area contributed by atoms with E-state index in [0.29, 0.717) is 12.5 Å². The second-order valence-electron chi connectivity index (χ2n) is 5.11. The van der Waals surface area contributed by atoms with E-state index in [9.17, 15) is 4.79 Å². The molecule has 1 aliphatic rings. The van der Waals surface area contributed by atoms with E-state index in [1.165, 1.54) is 11.1 Å². The highest BCUT2D eigenvalue weighted by Gasteiger charge is 2.19. The zero-order valence-electron chi connectivity index (χ0n) is 10.6. The number of amides is 1. The molecule has 1 heterocycles. The maximum Gasteiger partial charge on any atom is 0.234 e. The number of carbonyl (C=O) groups is 1. The van der Waals surface area contributed by atoms with E-state index >= 15 is 0 Å². The summed E-state index contributed by atoms with van der Waals surface area (Å²) >= 11 is 0. The van der Waals surface area contributed by atoms with Crippen molar-refractivity contribution < 1.29 is 4.79 Å². The second kappa shape index (κ2) is 5.32. The summed E-state index contributed by atoms with van der Waals surface area (Å²) in [6.45, 7) is 7.26. The minimum Gasteiger partial charge on any atom is -0.355 e. The molecule has 0 bridgehead atoms. The third kappa shape index (κ3) is 3.30. The SMILES string of the molecule is CC(C)CNC(=O)CN1Cc2ccccc2C1. The van der Waals surface area contributed by atoms with Crippen LogP contribution in [-0.4, -0.2) is 23.9 Å². The van der Waals surface area contributed by atoms with E-state index in [0.717, 1.165) is 19.6 Å². The molecule has 0 saturated carbocycles. The minimum atomic E-state index is 0.131. The van der Waals surface area contributed by atoms with Crippen LogP contribution in [0.3, 0.4) is 0 Å². The summed E-state index contributed by atoms with van der Waals surface area (Å²) in [6.07, 6.45) is 0. The van der Waals surface area contributed by atoms with Crippen LogP contribution in [0.5, 0.6) is 0 Å². The smallest absolute Gasteiger partial charge is 0.234 e. The Balaban J connectivity index is 1.81. The topological polar surface area (TPSA) is 32.3 Å². The summed E-state index contributed by atoms with van der Waals surface area (Å²) in [5.74, 6) is 0.640. The first-order chi connectivity index (χ1) is 8.15. The molecule has 3 nitrogen and oxygen atoms in total. The lowest BCUT2D eigenvalue weighted by Crippen LogP contribution is -2.36. The van der Waals surface area contributed by atoms with Crippen LogP contribution in [0, 0.1) is 5.92 Å². The number of nitrogens with zero attached hydrogens (tertiary/aromatic N) is 1. The van der Waals surface area contributed by atoms with E-state index in [-0.39, 0.29) is 5.91 Å². The third-order valence-electron chi connectivity index (χ3n) is 2.98. The predicted octanol–water partition coefficient (Wildman–Crippen LogP) is 1.77. The summed E-state index contributed by atoms with van der Waals surface area (Å²) in [5, 5.41) is 2.96. The standard InChI is InChI=1S/C14H20N2O/c1-11(2)7-15-14(17)10-16-8-12-5-3-4-6-13(12)9-16/h3-6,11H,7-10H2,1-2H3,(H,15,17). The van der Waals surface area contributed by atoms with Crippen LogP contribution in [0.25, 0.3) is 0 Å². The highest BCUT2D eigenvalue weighted by Crippen LogP contribution is 2.21. The zero-order valence-corrected chi connectivity index (χ0v) is 10.6. The zero-order chi connectivity index (χ0) is 12.3. The molecule has 3 heteroatoms. The predicted molar refractivity (Wildman–Crippen MR) is 68.4 cm³/mol. The Bertz CT molecular complexity index is 376. The van der Waals surface area contributed by atoms with Crippen LogP contribution >= 0.6 is 0 Å². The summed E-state index contributed by atoms with van der Waals surface area (Å²) in [7, 11) is 0. The molecule has 0 unspecified atom stereocenters. The fourth-order valence-corrected chi connectivity index (χ4v) is 2.09. The molecule has 0 atom stereocenters. The average Bonchev–Trinajstić information content (AvgIpc) is 2.68. The van der Waals surface area contributed by atoms with E-state index < -0.39 is 0 Å². The van der Waals surface area contributed by atoms with Gasteiger partial charge in [0, 0.05) is 19.6 Å². The average molecular weight is 232 g/mol. The van der Waals surface area contributed by atoms with Crippen LogP contribution < -0.4 is 5.32 Å². The van der Waals surface area contributed by atoms with Gasteiger partial charge in [0.15, 0.2) is 0 Å². The maximum absolute atomic E-state index is 11.7. The Hall–Kier alpha value is -1.35. The molecule has 0 saturated heterocycles. The van der Waals surface area contributed by atoms with Gasteiger partial charge in [0.05, 0.1) is 6.54 Å². The minimum absolute atomic E-state index is 0.131. The van der Waals surface area contributed by atoms with Crippen LogP contribution in [0.1, 0.15) is 25.0 Å². The summed E-state index contributed by atoms with van der Waals surface area (Å²) < 4.78 is 0. The molecular weight excluding hydrogens is 212 g/mol. The first-order valence-electron chi connectivity index (χ1n) is 6.21. The lowest BCUT2D eigenvalue weighted by molar-refractivity contribution is -0.122. The van der Waals surface area contributed by atoms with Gasteiger partial charge in [-0.15, -0.1) is 0 Å². The van der Waals surface area contributed by atoms with Crippen LogP contribution in [0.15, 0.2) is 24.3 Å². The lowest BCUT2D eigenvalue weighted by Gasteiger charge is -2.15. The Labute approximate surface area is 103 Å². The molecule has 1 aromatic rings. The van der Waals surface area contributed by atoms with Gasteiger partial charge < -0.3 is 5.32 Å². The van der Waals surface area contributed by atoms with Crippen molar-refractivity contribution >= 4 is 5.91 Å². The summed E-state index contributed by atoms with van der Waals surface area (Å²) in [6, 6.07) is 8.39. The van der Waals surface area contributed by atoms with Gasteiger partial charge in [0.1, 0.15) is 0 Å². The van der Waals surface area contributed by atoms with Gasteiger partial charge in [-0.1, -0.05) is 38.1 Å². The number of hydrogen-bond acceptors (Lipinski definition) is 2. The van der Waals surface area contributed by atoms with E-state index in [4.69, 9.17) is 0 Å². The molecule has 0 radical (unpaired) electrons. The molecule has 17 heavy (non-hydrogen) atoms. The van der Waals surface area contributed by atoms with Crippen LogP contribution in [0.2, 0.25) is 0 Å². The van der Waals surface area contributed by atoms with Gasteiger partial charge in [-0.05, 0) is 17.0 Å². The van der Waals surface area contributed by atoms with E-state index in [2.05, 4.69) is 48.3 Å². The molecule has 0 aromatic heterocycles. The number of nitrogens with one attached hydrogen (secondary N) is 1. The Morgan fingerprint density at radius 3 is 2.41 bits per heavy atom. The van der Waals surface area contributed by atoms with E-state index in [1.54, 1.807) is 0 Å². The summed E-state index contributed by atoms with van der Waals surface area (Å²) in [5.41, 5.74) is 2.70.